The Bertz CT molecular complexity index is 816. The number of hydrogen-bond acceptors (Lipinski definition) is 5. The molecule has 2 aromatic rings. The molecule has 0 fully saturated rings. The van der Waals surface area contributed by atoms with Crippen LogP contribution in [0.15, 0.2) is 48.5 Å². The minimum atomic E-state index is -0.869. The molecular formula is C18H19N3O4. The summed E-state index contributed by atoms with van der Waals surface area (Å²) in [6, 6.07) is 12.7. The molecule has 7 nitrogen and oxygen atoms in total. The molecule has 7 heteroatoms. The smallest absolute Gasteiger partial charge is 0.293 e. The number of nitrogens with zero attached hydrogens (tertiary/aromatic N) is 1. The first-order chi connectivity index (χ1) is 11.7. The maximum absolute atomic E-state index is 12.4. The largest absolute Gasteiger partial charge is 0.378 e. The number of carbonyl (C=O) groups excluding carboxylic acids is 2. The average molecular weight is 341 g/mol. The van der Waals surface area contributed by atoms with Gasteiger partial charge in [-0.3, -0.25) is 19.7 Å². The highest BCUT2D eigenvalue weighted by Gasteiger charge is 2.26. The summed E-state index contributed by atoms with van der Waals surface area (Å²) in [6.45, 7) is 3.41. The Labute approximate surface area is 145 Å². The van der Waals surface area contributed by atoms with E-state index in [4.69, 9.17) is 5.73 Å². The molecule has 0 unspecified atom stereocenters. The normalized spacial score (nSPS) is 11.0. The number of nitrogens with two attached hydrogens (primary N) is 1. The Balaban J connectivity index is 2.31. The van der Waals surface area contributed by atoms with E-state index in [0.717, 1.165) is 0 Å². The number of rotatable bonds is 7. The van der Waals surface area contributed by atoms with Crippen LogP contribution >= 0.6 is 0 Å². The van der Waals surface area contributed by atoms with E-state index in [1.165, 1.54) is 18.2 Å². The minimum Gasteiger partial charge on any atom is -0.378 e. The van der Waals surface area contributed by atoms with E-state index in [1.54, 1.807) is 44.2 Å². The van der Waals surface area contributed by atoms with E-state index in [1.807, 2.05) is 0 Å². The molecule has 0 spiro atoms. The maximum atomic E-state index is 12.4. The van der Waals surface area contributed by atoms with Gasteiger partial charge in [-0.2, -0.15) is 0 Å². The summed E-state index contributed by atoms with van der Waals surface area (Å²) >= 11 is 0. The number of carbonyl (C=O) groups is 2. The fourth-order valence-corrected chi connectivity index (χ4v) is 2.13. The fourth-order valence-electron chi connectivity index (χ4n) is 2.13. The molecule has 0 bridgehead atoms. The molecule has 0 radical (unpaired) electrons. The number of nitro groups is 1. The van der Waals surface area contributed by atoms with Crippen molar-refractivity contribution in [3.63, 3.8) is 0 Å². The molecule has 25 heavy (non-hydrogen) atoms. The number of hydrogen-bond donors (Lipinski definition) is 2. The molecule has 0 atom stereocenters. The molecule has 0 heterocycles. The molecule has 0 aliphatic rings. The van der Waals surface area contributed by atoms with Gasteiger partial charge in [0.2, 0.25) is 5.91 Å². The van der Waals surface area contributed by atoms with Crippen LogP contribution in [0.4, 0.5) is 11.4 Å². The van der Waals surface area contributed by atoms with Crippen molar-refractivity contribution in [1.29, 1.82) is 0 Å². The van der Waals surface area contributed by atoms with Crippen LogP contribution in [0.3, 0.4) is 0 Å². The fraction of sp³-hybridized carbons (Fsp3) is 0.222. The Morgan fingerprint density at radius 3 is 2.32 bits per heavy atom. The van der Waals surface area contributed by atoms with E-state index >= 15 is 0 Å². The van der Waals surface area contributed by atoms with Gasteiger partial charge in [0.15, 0.2) is 5.78 Å². The van der Waals surface area contributed by atoms with Crippen molar-refractivity contribution in [2.45, 2.75) is 13.8 Å². The number of nitrogens with one attached hydrogen (secondary N) is 1. The Morgan fingerprint density at radius 2 is 1.76 bits per heavy atom. The van der Waals surface area contributed by atoms with Gasteiger partial charge in [0.1, 0.15) is 5.69 Å². The first-order valence-electron chi connectivity index (χ1n) is 7.64. The lowest BCUT2D eigenvalue weighted by atomic mass is 9.92. The van der Waals surface area contributed by atoms with Crippen LogP contribution < -0.4 is 11.1 Å². The molecular weight excluding hydrogens is 322 g/mol. The summed E-state index contributed by atoms with van der Waals surface area (Å²) in [5.74, 6) is -0.814. The van der Waals surface area contributed by atoms with Crippen LogP contribution in [0, 0.1) is 15.5 Å². The Morgan fingerprint density at radius 1 is 1.12 bits per heavy atom. The zero-order valence-electron chi connectivity index (χ0n) is 14.0. The van der Waals surface area contributed by atoms with Gasteiger partial charge >= 0.3 is 0 Å². The van der Waals surface area contributed by atoms with Gasteiger partial charge in [0, 0.05) is 23.7 Å². The molecule has 2 rings (SSSR count). The minimum absolute atomic E-state index is 0.134. The van der Waals surface area contributed by atoms with Crippen molar-refractivity contribution in [3.05, 3.63) is 69.8 Å². The highest BCUT2D eigenvalue weighted by atomic mass is 16.6. The lowest BCUT2D eigenvalue weighted by molar-refractivity contribution is -0.384. The van der Waals surface area contributed by atoms with Crippen LogP contribution in [0.1, 0.15) is 29.8 Å². The first-order valence-corrected chi connectivity index (χ1v) is 7.64. The van der Waals surface area contributed by atoms with Crippen LogP contribution in [0.25, 0.3) is 0 Å². The standard InChI is InChI=1S/C18H19N3O4/c1-18(2,17(19)23)11-20-14-9-8-13(10-15(14)21(24)25)16(22)12-6-4-3-5-7-12/h3-10,20H,11H2,1-2H3,(H2,19,23). The summed E-state index contributed by atoms with van der Waals surface area (Å²) in [5.41, 5.74) is 5.10. The first kappa shape index (κ1) is 18.1. The quantitative estimate of drug-likeness (QED) is 0.456. The van der Waals surface area contributed by atoms with E-state index in [0.29, 0.717) is 5.56 Å². The van der Waals surface area contributed by atoms with E-state index in [-0.39, 0.29) is 29.3 Å². The van der Waals surface area contributed by atoms with Crippen molar-refractivity contribution in [2.75, 3.05) is 11.9 Å². The number of anilines is 1. The van der Waals surface area contributed by atoms with Gasteiger partial charge in [-0.15, -0.1) is 0 Å². The summed E-state index contributed by atoms with van der Waals surface area (Å²) in [4.78, 5) is 34.6. The van der Waals surface area contributed by atoms with Gasteiger partial charge in [-0.25, -0.2) is 0 Å². The molecule has 3 N–H and O–H groups in total. The van der Waals surface area contributed by atoms with Crippen molar-refractivity contribution in [1.82, 2.24) is 0 Å². The highest BCUT2D eigenvalue weighted by Crippen LogP contribution is 2.28. The number of benzene rings is 2. The third kappa shape index (κ3) is 4.20. The maximum Gasteiger partial charge on any atom is 0.293 e. The lowest BCUT2D eigenvalue weighted by Crippen LogP contribution is -2.37. The monoisotopic (exact) mass is 341 g/mol. The molecule has 130 valence electrons. The van der Waals surface area contributed by atoms with E-state index in [9.17, 15) is 19.7 Å². The van der Waals surface area contributed by atoms with Gasteiger partial charge in [-0.05, 0) is 26.0 Å². The van der Waals surface area contributed by atoms with Gasteiger partial charge in [0.25, 0.3) is 5.69 Å². The van der Waals surface area contributed by atoms with Crippen LogP contribution in [0.2, 0.25) is 0 Å². The highest BCUT2D eigenvalue weighted by molar-refractivity contribution is 6.09. The molecule has 1 amide bonds. The van der Waals surface area contributed by atoms with Crippen LogP contribution in [-0.4, -0.2) is 23.2 Å². The van der Waals surface area contributed by atoms with Crippen molar-refractivity contribution >= 4 is 23.1 Å². The van der Waals surface area contributed by atoms with Gasteiger partial charge in [-0.1, -0.05) is 30.3 Å². The van der Waals surface area contributed by atoms with Gasteiger partial charge < -0.3 is 11.1 Å². The predicted molar refractivity (Wildman–Crippen MR) is 94.4 cm³/mol. The second kappa shape index (κ2) is 7.12. The number of amides is 1. The molecule has 0 aliphatic carbocycles. The van der Waals surface area contributed by atoms with Crippen molar-refractivity contribution in [2.24, 2.45) is 11.1 Å². The molecule has 0 aliphatic heterocycles. The number of ketones is 1. The van der Waals surface area contributed by atoms with Crippen LogP contribution in [0.5, 0.6) is 0 Å². The third-order valence-corrected chi connectivity index (χ3v) is 3.88. The summed E-state index contributed by atoms with van der Waals surface area (Å²) in [7, 11) is 0. The zero-order chi connectivity index (χ0) is 18.6. The summed E-state index contributed by atoms with van der Waals surface area (Å²) in [5, 5.41) is 14.2. The average Bonchev–Trinajstić information content (AvgIpc) is 2.59. The summed E-state index contributed by atoms with van der Waals surface area (Å²) < 4.78 is 0. The lowest BCUT2D eigenvalue weighted by Gasteiger charge is -2.21. The second-order valence-corrected chi connectivity index (χ2v) is 6.29. The summed E-state index contributed by atoms with van der Waals surface area (Å²) in [6.07, 6.45) is 0. The van der Waals surface area contributed by atoms with Crippen molar-refractivity contribution in [3.8, 4) is 0 Å². The Hall–Kier alpha value is -3.22. The topological polar surface area (TPSA) is 115 Å². The SMILES string of the molecule is CC(C)(CNc1ccc(C(=O)c2ccccc2)cc1[N+](=O)[O-])C(N)=O. The number of primary amides is 1. The van der Waals surface area contributed by atoms with Crippen molar-refractivity contribution < 1.29 is 14.5 Å². The third-order valence-electron chi connectivity index (χ3n) is 3.88. The van der Waals surface area contributed by atoms with Gasteiger partial charge in [0.05, 0.1) is 10.3 Å². The molecule has 0 saturated carbocycles. The number of nitro benzene ring substituents is 1. The zero-order valence-corrected chi connectivity index (χ0v) is 14.0. The van der Waals surface area contributed by atoms with E-state index < -0.39 is 16.2 Å². The van der Waals surface area contributed by atoms with E-state index in [2.05, 4.69) is 5.32 Å². The molecule has 0 aromatic heterocycles. The second-order valence-electron chi connectivity index (χ2n) is 6.29. The Kier molecular flexibility index (Phi) is 5.17. The predicted octanol–water partition coefficient (Wildman–Crippen LogP) is 2.75. The molecule has 0 saturated heterocycles. The molecule has 2 aromatic carbocycles. The van der Waals surface area contributed by atoms with Crippen LogP contribution in [-0.2, 0) is 4.79 Å².